The highest BCUT2D eigenvalue weighted by atomic mass is 16.5. The lowest BCUT2D eigenvalue weighted by atomic mass is 10.0. The van der Waals surface area contributed by atoms with Crippen LogP contribution in [0.5, 0.6) is 0 Å². The summed E-state index contributed by atoms with van der Waals surface area (Å²) in [5.41, 5.74) is 7.95. The molecule has 3 aromatic rings. The Bertz CT molecular complexity index is 866. The Kier molecular flexibility index (Phi) is 5.07. The van der Waals surface area contributed by atoms with E-state index < -0.39 is 0 Å². The summed E-state index contributed by atoms with van der Waals surface area (Å²) in [5, 5.41) is 7.84. The molecule has 2 heterocycles. The molecule has 0 spiro atoms. The number of fused-ring (bicyclic) bond motifs is 1. The molecular weight excluding hydrogens is 318 g/mol. The van der Waals surface area contributed by atoms with Crippen molar-refractivity contribution in [1.29, 1.82) is 0 Å². The Labute approximate surface area is 146 Å². The van der Waals surface area contributed by atoms with Gasteiger partial charge in [0.1, 0.15) is 23.1 Å². The Hall–Kier alpha value is -2.76. The first-order chi connectivity index (χ1) is 12.1. The second kappa shape index (κ2) is 7.42. The fourth-order valence-electron chi connectivity index (χ4n) is 2.94. The molecule has 1 unspecified atom stereocenters. The maximum atomic E-state index is 12.7. The van der Waals surface area contributed by atoms with E-state index >= 15 is 0 Å². The molecule has 0 saturated heterocycles. The third-order valence-corrected chi connectivity index (χ3v) is 4.30. The van der Waals surface area contributed by atoms with Crippen molar-refractivity contribution in [3.63, 3.8) is 0 Å². The monoisotopic (exact) mass is 341 g/mol. The Morgan fingerprint density at radius 3 is 2.92 bits per heavy atom. The first kappa shape index (κ1) is 17.1. The van der Waals surface area contributed by atoms with Crippen LogP contribution in [-0.2, 0) is 0 Å². The van der Waals surface area contributed by atoms with Crippen LogP contribution < -0.4 is 11.1 Å². The van der Waals surface area contributed by atoms with Crippen molar-refractivity contribution in [1.82, 2.24) is 10.5 Å². The van der Waals surface area contributed by atoms with Gasteiger partial charge < -0.3 is 20.0 Å². The summed E-state index contributed by atoms with van der Waals surface area (Å²) >= 11 is 0. The van der Waals surface area contributed by atoms with E-state index in [9.17, 15) is 4.79 Å². The number of para-hydroxylation sites is 1. The normalized spacial score (nSPS) is 12.4. The van der Waals surface area contributed by atoms with Crippen molar-refractivity contribution in [2.24, 2.45) is 0 Å². The van der Waals surface area contributed by atoms with E-state index in [0.29, 0.717) is 11.3 Å². The summed E-state index contributed by atoms with van der Waals surface area (Å²) in [6, 6.07) is 7.62. The molecule has 0 bridgehead atoms. The number of amides is 1. The average molecular weight is 341 g/mol. The molecule has 6 nitrogen and oxygen atoms in total. The number of nitrogens with one attached hydrogen (secondary N) is 1. The minimum absolute atomic E-state index is 0.0125. The Balaban J connectivity index is 1.86. The zero-order valence-corrected chi connectivity index (χ0v) is 14.5. The van der Waals surface area contributed by atoms with Gasteiger partial charge in [0.05, 0.1) is 5.56 Å². The molecule has 3 rings (SSSR count). The molecule has 0 aliphatic carbocycles. The van der Waals surface area contributed by atoms with Crippen LogP contribution in [0.15, 0.2) is 39.5 Å². The molecule has 0 radical (unpaired) electrons. The highest BCUT2D eigenvalue weighted by Crippen LogP contribution is 2.34. The number of anilines is 1. The van der Waals surface area contributed by atoms with Gasteiger partial charge in [0.25, 0.3) is 5.91 Å². The van der Waals surface area contributed by atoms with Gasteiger partial charge in [-0.15, -0.1) is 0 Å². The minimum Gasteiger partial charge on any atom is -0.464 e. The van der Waals surface area contributed by atoms with Gasteiger partial charge in [-0.3, -0.25) is 4.79 Å². The van der Waals surface area contributed by atoms with Gasteiger partial charge in [-0.1, -0.05) is 49.5 Å². The summed E-state index contributed by atoms with van der Waals surface area (Å²) in [7, 11) is 0. The molecule has 0 fully saturated rings. The summed E-state index contributed by atoms with van der Waals surface area (Å²) in [5.74, 6) is -0.262. The zero-order chi connectivity index (χ0) is 17.8. The molecule has 25 heavy (non-hydrogen) atoms. The lowest BCUT2D eigenvalue weighted by Crippen LogP contribution is -2.33. The summed E-state index contributed by atoms with van der Waals surface area (Å²) in [6.07, 6.45) is 5.88. The summed E-state index contributed by atoms with van der Waals surface area (Å²) in [6.45, 7) is 4.15. The van der Waals surface area contributed by atoms with Crippen LogP contribution in [0.25, 0.3) is 22.2 Å². The second-order valence-electron chi connectivity index (χ2n) is 6.29. The van der Waals surface area contributed by atoms with Gasteiger partial charge in [0, 0.05) is 11.4 Å². The predicted octanol–water partition coefficient (Wildman–Crippen LogP) is 4.37. The number of hydrogen-bond acceptors (Lipinski definition) is 5. The molecule has 1 atom stereocenters. The number of carbonyl (C=O) groups excluding carboxylic acids is 1. The van der Waals surface area contributed by atoms with Gasteiger partial charge in [-0.25, -0.2) is 0 Å². The van der Waals surface area contributed by atoms with Crippen molar-refractivity contribution in [3.05, 3.63) is 36.1 Å². The number of nitrogens with zero attached hydrogens (tertiary/aromatic N) is 1. The van der Waals surface area contributed by atoms with E-state index in [-0.39, 0.29) is 23.4 Å². The molecule has 3 N–H and O–H groups in total. The van der Waals surface area contributed by atoms with E-state index in [1.807, 2.05) is 31.2 Å². The second-order valence-corrected chi connectivity index (χ2v) is 6.29. The number of carbonyl (C=O) groups is 1. The number of hydrogen-bond donors (Lipinski definition) is 2. The van der Waals surface area contributed by atoms with Crippen molar-refractivity contribution < 1.29 is 13.7 Å². The van der Waals surface area contributed by atoms with Crippen LogP contribution in [0.2, 0.25) is 0 Å². The Morgan fingerprint density at radius 1 is 1.32 bits per heavy atom. The third kappa shape index (κ3) is 3.52. The molecular formula is C19H23N3O3. The predicted molar refractivity (Wildman–Crippen MR) is 97.2 cm³/mol. The molecule has 6 heteroatoms. The van der Waals surface area contributed by atoms with Crippen LogP contribution in [0, 0.1) is 0 Å². The van der Waals surface area contributed by atoms with Crippen LogP contribution in [-0.4, -0.2) is 17.1 Å². The fraction of sp³-hybridized carbons (Fsp3) is 0.368. The average Bonchev–Trinajstić information content (AvgIpc) is 3.18. The smallest absolute Gasteiger partial charge is 0.259 e. The van der Waals surface area contributed by atoms with E-state index in [1.54, 1.807) is 6.26 Å². The summed E-state index contributed by atoms with van der Waals surface area (Å²) in [4.78, 5) is 12.7. The lowest BCUT2D eigenvalue weighted by molar-refractivity contribution is 0.0939. The fourth-order valence-corrected chi connectivity index (χ4v) is 2.94. The molecule has 132 valence electrons. The minimum atomic E-state index is -0.275. The van der Waals surface area contributed by atoms with Crippen LogP contribution in [0.3, 0.4) is 0 Å². The van der Waals surface area contributed by atoms with Crippen molar-refractivity contribution in [3.8, 4) is 11.3 Å². The van der Waals surface area contributed by atoms with Crippen molar-refractivity contribution >= 4 is 22.8 Å². The third-order valence-electron chi connectivity index (χ3n) is 4.30. The highest BCUT2D eigenvalue weighted by Gasteiger charge is 2.25. The number of furan rings is 1. The molecule has 1 aromatic carbocycles. The van der Waals surface area contributed by atoms with Gasteiger partial charge in [0.2, 0.25) is 5.88 Å². The van der Waals surface area contributed by atoms with E-state index in [2.05, 4.69) is 17.4 Å². The molecule has 0 saturated carbocycles. The molecule has 0 aliphatic heterocycles. The van der Waals surface area contributed by atoms with Gasteiger partial charge in [-0.2, -0.15) is 0 Å². The first-order valence-corrected chi connectivity index (χ1v) is 8.64. The SMILES string of the molecule is CCCCCC(C)NC(=O)c1c(-c2coc3ccccc23)noc1N. The van der Waals surface area contributed by atoms with Crippen molar-refractivity contribution in [2.75, 3.05) is 5.73 Å². The van der Waals surface area contributed by atoms with E-state index in [1.165, 1.54) is 0 Å². The van der Waals surface area contributed by atoms with Gasteiger partial charge in [-0.05, 0) is 19.4 Å². The first-order valence-electron chi connectivity index (χ1n) is 8.64. The lowest BCUT2D eigenvalue weighted by Gasteiger charge is -2.13. The molecule has 1 amide bonds. The standard InChI is InChI=1S/C19H23N3O3/c1-3-4-5-8-12(2)21-19(23)16-17(22-25-18(16)20)14-11-24-15-10-7-6-9-13(14)15/h6-7,9-12H,3-5,8,20H2,1-2H3,(H,21,23). The highest BCUT2D eigenvalue weighted by molar-refractivity contribution is 6.06. The van der Waals surface area contributed by atoms with Crippen molar-refractivity contribution in [2.45, 2.75) is 45.6 Å². The van der Waals surface area contributed by atoms with Crippen LogP contribution >= 0.6 is 0 Å². The number of unbranched alkanes of at least 4 members (excludes halogenated alkanes) is 2. The van der Waals surface area contributed by atoms with Gasteiger partial charge in [0.15, 0.2) is 0 Å². The van der Waals surface area contributed by atoms with E-state index in [0.717, 1.165) is 36.7 Å². The van der Waals surface area contributed by atoms with Gasteiger partial charge >= 0.3 is 0 Å². The van der Waals surface area contributed by atoms with Crippen LogP contribution in [0.1, 0.15) is 49.9 Å². The zero-order valence-electron chi connectivity index (χ0n) is 14.5. The summed E-state index contributed by atoms with van der Waals surface area (Å²) < 4.78 is 10.6. The van der Waals surface area contributed by atoms with E-state index in [4.69, 9.17) is 14.7 Å². The number of rotatable bonds is 7. The number of benzene rings is 1. The van der Waals surface area contributed by atoms with Crippen LogP contribution in [0.4, 0.5) is 5.88 Å². The number of nitrogens with two attached hydrogens (primary N) is 1. The number of aromatic nitrogens is 1. The maximum Gasteiger partial charge on any atom is 0.259 e. The maximum absolute atomic E-state index is 12.7. The topological polar surface area (TPSA) is 94.3 Å². The molecule has 0 aliphatic rings. The largest absolute Gasteiger partial charge is 0.464 e. The quantitative estimate of drug-likeness (QED) is 0.622. The molecule has 2 aromatic heterocycles. The number of nitrogen functional groups attached to an aromatic ring is 1. The Morgan fingerprint density at radius 2 is 2.12 bits per heavy atom.